The zero-order valence-electron chi connectivity index (χ0n) is 17.1. The van der Waals surface area contributed by atoms with Gasteiger partial charge >= 0.3 is 5.69 Å². The standard InChI is InChI=1S/C20H29N5O3/c1-12-10-23(15-8-6-5-7-9-15)19-21-17-16(24(19)11-12)18(27)25(13(2)14(3)26)20(28)22(17)4/h12-13,15H,5-11H2,1-4H3. The van der Waals surface area contributed by atoms with Crippen molar-refractivity contribution >= 4 is 22.9 Å². The van der Waals surface area contributed by atoms with Gasteiger partial charge in [0.15, 0.2) is 16.9 Å². The van der Waals surface area contributed by atoms with Crippen LogP contribution in [0.1, 0.15) is 58.9 Å². The van der Waals surface area contributed by atoms with E-state index in [2.05, 4.69) is 11.8 Å². The minimum absolute atomic E-state index is 0.214. The first-order valence-electron chi connectivity index (χ1n) is 10.3. The number of ketones is 1. The van der Waals surface area contributed by atoms with Crippen LogP contribution in [0.25, 0.3) is 11.2 Å². The summed E-state index contributed by atoms with van der Waals surface area (Å²) in [6, 6.07) is -0.361. The van der Waals surface area contributed by atoms with Crippen molar-refractivity contribution < 1.29 is 4.79 Å². The van der Waals surface area contributed by atoms with E-state index in [0.717, 1.165) is 29.9 Å². The number of rotatable bonds is 3. The number of Topliss-reactive ketones (excluding diaryl/α,β-unsaturated/α-hetero) is 1. The van der Waals surface area contributed by atoms with E-state index >= 15 is 0 Å². The van der Waals surface area contributed by atoms with Gasteiger partial charge in [0.05, 0.1) is 6.04 Å². The van der Waals surface area contributed by atoms with Crippen LogP contribution < -0.4 is 16.1 Å². The Morgan fingerprint density at radius 1 is 1.14 bits per heavy atom. The molecule has 2 aromatic rings. The number of aromatic nitrogens is 4. The summed E-state index contributed by atoms with van der Waals surface area (Å²) >= 11 is 0. The van der Waals surface area contributed by atoms with Gasteiger partial charge in [-0.1, -0.05) is 26.2 Å². The average Bonchev–Trinajstić information content (AvgIpc) is 3.06. The second-order valence-electron chi connectivity index (χ2n) is 8.55. The van der Waals surface area contributed by atoms with Crippen LogP contribution in [-0.2, 0) is 18.4 Å². The van der Waals surface area contributed by atoms with Gasteiger partial charge in [-0.2, -0.15) is 4.98 Å². The fourth-order valence-corrected chi connectivity index (χ4v) is 4.73. The summed E-state index contributed by atoms with van der Waals surface area (Å²) < 4.78 is 4.46. The summed E-state index contributed by atoms with van der Waals surface area (Å²) in [7, 11) is 1.63. The van der Waals surface area contributed by atoms with Crippen LogP contribution >= 0.6 is 0 Å². The zero-order valence-corrected chi connectivity index (χ0v) is 17.1. The molecule has 28 heavy (non-hydrogen) atoms. The lowest BCUT2D eigenvalue weighted by Gasteiger charge is -2.40. The first-order chi connectivity index (χ1) is 13.3. The molecule has 0 amide bonds. The molecule has 4 rings (SSSR count). The molecule has 3 heterocycles. The van der Waals surface area contributed by atoms with Crippen molar-refractivity contribution in [3.63, 3.8) is 0 Å². The summed E-state index contributed by atoms with van der Waals surface area (Å²) in [5.74, 6) is 0.955. The van der Waals surface area contributed by atoms with Crippen molar-refractivity contribution in [3.05, 3.63) is 20.8 Å². The molecule has 1 aliphatic heterocycles. The number of nitrogens with zero attached hydrogens (tertiary/aromatic N) is 5. The predicted molar refractivity (Wildman–Crippen MR) is 108 cm³/mol. The molecular weight excluding hydrogens is 358 g/mol. The van der Waals surface area contributed by atoms with E-state index in [1.807, 2.05) is 4.57 Å². The number of carbonyl (C=O) groups is 1. The van der Waals surface area contributed by atoms with Gasteiger partial charge in [0, 0.05) is 26.2 Å². The molecule has 1 aliphatic carbocycles. The molecule has 152 valence electrons. The van der Waals surface area contributed by atoms with E-state index in [4.69, 9.17) is 4.98 Å². The van der Waals surface area contributed by atoms with Gasteiger partial charge in [-0.15, -0.1) is 0 Å². The highest BCUT2D eigenvalue weighted by Gasteiger charge is 2.33. The number of hydrogen-bond acceptors (Lipinski definition) is 5. The third kappa shape index (κ3) is 2.81. The van der Waals surface area contributed by atoms with Gasteiger partial charge in [0.2, 0.25) is 5.95 Å². The first-order valence-corrected chi connectivity index (χ1v) is 10.3. The van der Waals surface area contributed by atoms with E-state index in [1.54, 1.807) is 14.0 Å². The monoisotopic (exact) mass is 387 g/mol. The van der Waals surface area contributed by atoms with E-state index < -0.39 is 17.3 Å². The van der Waals surface area contributed by atoms with Crippen molar-refractivity contribution in [2.75, 3.05) is 11.4 Å². The lowest BCUT2D eigenvalue weighted by molar-refractivity contribution is -0.119. The minimum Gasteiger partial charge on any atom is -0.339 e. The third-order valence-electron chi connectivity index (χ3n) is 6.41. The second kappa shape index (κ2) is 6.90. The van der Waals surface area contributed by atoms with Crippen LogP contribution in [0.3, 0.4) is 0 Å². The SMILES string of the molecule is CC(=O)C(C)n1c(=O)c2c(nc3n2CC(C)CN3C2CCCCC2)n(C)c1=O. The maximum absolute atomic E-state index is 13.3. The maximum Gasteiger partial charge on any atom is 0.333 e. The van der Waals surface area contributed by atoms with Crippen molar-refractivity contribution in [2.24, 2.45) is 13.0 Å². The lowest BCUT2D eigenvalue weighted by Crippen LogP contribution is -2.46. The first kappa shape index (κ1) is 19.0. The van der Waals surface area contributed by atoms with Crippen LogP contribution in [0, 0.1) is 5.92 Å². The maximum atomic E-state index is 13.3. The normalized spacial score (nSPS) is 21.7. The second-order valence-corrected chi connectivity index (χ2v) is 8.55. The Morgan fingerprint density at radius 3 is 2.46 bits per heavy atom. The molecule has 8 nitrogen and oxygen atoms in total. The summed E-state index contributed by atoms with van der Waals surface area (Å²) in [4.78, 5) is 45.1. The fourth-order valence-electron chi connectivity index (χ4n) is 4.73. The number of imidazole rings is 1. The Morgan fingerprint density at radius 2 is 1.82 bits per heavy atom. The highest BCUT2D eigenvalue weighted by atomic mass is 16.2. The van der Waals surface area contributed by atoms with E-state index in [-0.39, 0.29) is 5.78 Å². The van der Waals surface area contributed by atoms with Crippen LogP contribution in [0.2, 0.25) is 0 Å². The Bertz CT molecular complexity index is 1040. The zero-order chi connectivity index (χ0) is 20.2. The minimum atomic E-state index is -0.794. The van der Waals surface area contributed by atoms with Crippen LogP contribution in [0.15, 0.2) is 9.59 Å². The molecule has 0 saturated heterocycles. The average molecular weight is 387 g/mol. The summed E-state index contributed by atoms with van der Waals surface area (Å²) in [5, 5.41) is 0. The highest BCUT2D eigenvalue weighted by molar-refractivity contribution is 5.80. The van der Waals surface area contributed by atoms with Gasteiger partial charge in [0.1, 0.15) is 0 Å². The molecule has 8 heteroatoms. The summed E-state index contributed by atoms with van der Waals surface area (Å²) in [6.45, 7) is 6.79. The van der Waals surface area contributed by atoms with E-state index in [9.17, 15) is 14.4 Å². The molecule has 1 saturated carbocycles. The summed E-state index contributed by atoms with van der Waals surface area (Å²) in [6.07, 6.45) is 5.99. The molecule has 2 aromatic heterocycles. The Balaban J connectivity index is 1.96. The van der Waals surface area contributed by atoms with Crippen molar-refractivity contribution in [1.82, 2.24) is 18.7 Å². The van der Waals surface area contributed by atoms with E-state index in [1.165, 1.54) is 30.8 Å². The quantitative estimate of drug-likeness (QED) is 0.803. The van der Waals surface area contributed by atoms with Crippen LogP contribution in [0.5, 0.6) is 0 Å². The molecule has 2 aliphatic rings. The highest BCUT2D eigenvalue weighted by Crippen LogP contribution is 2.33. The number of aryl methyl sites for hydroxylation is 1. The van der Waals surface area contributed by atoms with Gasteiger partial charge < -0.3 is 9.47 Å². The number of fused-ring (bicyclic) bond motifs is 3. The molecule has 2 atom stereocenters. The number of hydrogen-bond donors (Lipinski definition) is 0. The van der Waals surface area contributed by atoms with E-state index in [0.29, 0.717) is 29.7 Å². The molecule has 0 aromatic carbocycles. The molecule has 0 radical (unpaired) electrons. The fraction of sp³-hybridized carbons (Fsp3) is 0.700. The Kier molecular flexibility index (Phi) is 4.67. The molecular formula is C20H29N5O3. The number of anilines is 1. The van der Waals surface area contributed by atoms with Crippen LogP contribution in [-0.4, -0.2) is 37.1 Å². The van der Waals surface area contributed by atoms with Crippen LogP contribution in [0.4, 0.5) is 5.95 Å². The lowest BCUT2D eigenvalue weighted by atomic mass is 9.93. The van der Waals surface area contributed by atoms with Gasteiger partial charge in [-0.05, 0) is 32.6 Å². The predicted octanol–water partition coefficient (Wildman–Crippen LogP) is 1.84. The Hall–Kier alpha value is -2.38. The summed E-state index contributed by atoms with van der Waals surface area (Å²) in [5.41, 5.74) is -0.0744. The Labute approximate surface area is 163 Å². The van der Waals surface area contributed by atoms with Crippen molar-refractivity contribution in [3.8, 4) is 0 Å². The molecule has 0 bridgehead atoms. The van der Waals surface area contributed by atoms with Gasteiger partial charge in [-0.3, -0.25) is 14.2 Å². The molecule has 2 unspecified atom stereocenters. The van der Waals surface area contributed by atoms with Crippen molar-refractivity contribution in [2.45, 2.75) is 71.5 Å². The van der Waals surface area contributed by atoms with Crippen molar-refractivity contribution in [1.29, 1.82) is 0 Å². The molecule has 0 N–H and O–H groups in total. The third-order valence-corrected chi connectivity index (χ3v) is 6.41. The topological polar surface area (TPSA) is 82.1 Å². The smallest absolute Gasteiger partial charge is 0.333 e. The number of carbonyl (C=O) groups excluding carboxylic acids is 1. The van der Waals surface area contributed by atoms with Gasteiger partial charge in [-0.25, -0.2) is 9.36 Å². The van der Waals surface area contributed by atoms with Gasteiger partial charge in [0.25, 0.3) is 5.56 Å². The molecule has 1 fully saturated rings. The largest absolute Gasteiger partial charge is 0.339 e. The molecule has 0 spiro atoms.